The van der Waals surface area contributed by atoms with Crippen molar-refractivity contribution in [2.45, 2.75) is 13.5 Å². The molecule has 0 aliphatic carbocycles. The zero-order valence-electron chi connectivity index (χ0n) is 6.14. The number of hydrogen-bond acceptors (Lipinski definition) is 3. The van der Waals surface area contributed by atoms with E-state index >= 15 is 0 Å². The second kappa shape index (κ2) is 3.34. The summed E-state index contributed by atoms with van der Waals surface area (Å²) in [5, 5.41) is 0. The van der Waals surface area contributed by atoms with Gasteiger partial charge < -0.3 is 9.82 Å². The number of aromatic nitrogens is 2. The van der Waals surface area contributed by atoms with Crippen molar-refractivity contribution in [1.82, 2.24) is 15.4 Å². The van der Waals surface area contributed by atoms with Gasteiger partial charge in [0, 0.05) is 6.20 Å². The highest BCUT2D eigenvalue weighted by Gasteiger charge is 1.93. The number of nitrogens with one attached hydrogen (secondary N) is 2. The minimum atomic E-state index is 0.664. The summed E-state index contributed by atoms with van der Waals surface area (Å²) in [5.41, 5.74) is 3.73. The van der Waals surface area contributed by atoms with Gasteiger partial charge in [0.1, 0.15) is 5.82 Å². The highest BCUT2D eigenvalue weighted by atomic mass is 16.6. The fraction of sp³-hybridized carbons (Fsp3) is 0.500. The standard InChI is InChI=1S/C6H11N3O/c1-5-7-3-6(9-5)4-8-10-2/h3,8H,4H2,1-2H3,(H,7,9). The number of aryl methyl sites for hydroxylation is 1. The van der Waals surface area contributed by atoms with Crippen LogP contribution in [0, 0.1) is 6.92 Å². The third-order valence-corrected chi connectivity index (χ3v) is 1.16. The molecule has 10 heavy (non-hydrogen) atoms. The second-order valence-electron chi connectivity index (χ2n) is 2.02. The van der Waals surface area contributed by atoms with Crippen LogP contribution in [0.15, 0.2) is 6.20 Å². The number of hydroxylamine groups is 1. The normalized spacial score (nSPS) is 10.2. The van der Waals surface area contributed by atoms with Gasteiger partial charge in [-0.2, -0.15) is 5.48 Å². The third-order valence-electron chi connectivity index (χ3n) is 1.16. The lowest BCUT2D eigenvalue weighted by atomic mass is 10.5. The monoisotopic (exact) mass is 141 g/mol. The van der Waals surface area contributed by atoms with Gasteiger partial charge in [-0.05, 0) is 6.92 Å². The molecule has 0 unspecified atom stereocenters. The molecule has 0 amide bonds. The van der Waals surface area contributed by atoms with E-state index in [0.29, 0.717) is 6.54 Å². The van der Waals surface area contributed by atoms with Crippen LogP contribution < -0.4 is 5.48 Å². The fourth-order valence-electron chi connectivity index (χ4n) is 0.711. The highest BCUT2D eigenvalue weighted by molar-refractivity contribution is 4.98. The van der Waals surface area contributed by atoms with Crippen molar-refractivity contribution in [2.75, 3.05) is 7.11 Å². The number of imidazole rings is 1. The third kappa shape index (κ3) is 1.82. The van der Waals surface area contributed by atoms with E-state index in [9.17, 15) is 0 Å². The Hall–Kier alpha value is -0.870. The van der Waals surface area contributed by atoms with Gasteiger partial charge in [0.05, 0.1) is 19.3 Å². The van der Waals surface area contributed by atoms with Crippen LogP contribution in [-0.2, 0) is 11.4 Å². The molecule has 4 nitrogen and oxygen atoms in total. The van der Waals surface area contributed by atoms with Gasteiger partial charge in [-0.15, -0.1) is 0 Å². The van der Waals surface area contributed by atoms with E-state index in [1.54, 1.807) is 13.3 Å². The van der Waals surface area contributed by atoms with Crippen molar-refractivity contribution >= 4 is 0 Å². The molecule has 0 spiro atoms. The van der Waals surface area contributed by atoms with E-state index < -0.39 is 0 Å². The topological polar surface area (TPSA) is 49.9 Å². The van der Waals surface area contributed by atoms with Crippen molar-refractivity contribution < 1.29 is 4.84 Å². The molecule has 56 valence electrons. The molecule has 2 N–H and O–H groups in total. The maximum Gasteiger partial charge on any atom is 0.103 e. The van der Waals surface area contributed by atoms with Crippen LogP contribution in [0.1, 0.15) is 11.5 Å². The second-order valence-corrected chi connectivity index (χ2v) is 2.02. The molecule has 0 aliphatic heterocycles. The van der Waals surface area contributed by atoms with Gasteiger partial charge in [0.15, 0.2) is 0 Å². The SMILES string of the molecule is CONCc1cnc(C)[nH]1. The van der Waals surface area contributed by atoms with Crippen LogP contribution in [-0.4, -0.2) is 17.1 Å². The molecular weight excluding hydrogens is 130 g/mol. The zero-order chi connectivity index (χ0) is 7.40. The summed E-state index contributed by atoms with van der Waals surface area (Å²) in [5.74, 6) is 0.924. The molecular formula is C6H11N3O. The average molecular weight is 141 g/mol. The van der Waals surface area contributed by atoms with E-state index in [1.807, 2.05) is 6.92 Å². The first-order chi connectivity index (χ1) is 4.83. The molecule has 0 aromatic carbocycles. The minimum absolute atomic E-state index is 0.664. The molecule has 0 saturated heterocycles. The number of aromatic amines is 1. The Balaban J connectivity index is 2.42. The number of nitrogens with zero attached hydrogens (tertiary/aromatic N) is 1. The lowest BCUT2D eigenvalue weighted by Crippen LogP contribution is -2.10. The minimum Gasteiger partial charge on any atom is -0.345 e. The van der Waals surface area contributed by atoms with Crippen molar-refractivity contribution in [3.8, 4) is 0 Å². The van der Waals surface area contributed by atoms with E-state index in [1.165, 1.54) is 0 Å². The largest absolute Gasteiger partial charge is 0.345 e. The molecule has 0 saturated carbocycles. The lowest BCUT2D eigenvalue weighted by molar-refractivity contribution is 0.0859. The quantitative estimate of drug-likeness (QED) is 0.598. The zero-order valence-corrected chi connectivity index (χ0v) is 6.14. The van der Waals surface area contributed by atoms with Gasteiger partial charge in [0.25, 0.3) is 0 Å². The Morgan fingerprint density at radius 1 is 1.80 bits per heavy atom. The predicted molar refractivity (Wildman–Crippen MR) is 37.2 cm³/mol. The van der Waals surface area contributed by atoms with Gasteiger partial charge >= 0.3 is 0 Å². The van der Waals surface area contributed by atoms with Gasteiger partial charge in [-0.1, -0.05) is 0 Å². The number of hydrogen-bond donors (Lipinski definition) is 2. The first-order valence-corrected chi connectivity index (χ1v) is 3.09. The van der Waals surface area contributed by atoms with E-state index in [0.717, 1.165) is 11.5 Å². The summed E-state index contributed by atoms with van der Waals surface area (Å²) in [4.78, 5) is 11.7. The van der Waals surface area contributed by atoms with Crippen LogP contribution in [0.3, 0.4) is 0 Å². The molecule has 0 fully saturated rings. The van der Waals surface area contributed by atoms with Crippen molar-refractivity contribution in [3.63, 3.8) is 0 Å². The molecule has 4 heteroatoms. The Morgan fingerprint density at radius 2 is 2.60 bits per heavy atom. The van der Waals surface area contributed by atoms with Crippen LogP contribution in [0.2, 0.25) is 0 Å². The molecule has 1 aromatic rings. The molecule has 0 atom stereocenters. The van der Waals surface area contributed by atoms with Gasteiger partial charge in [0.2, 0.25) is 0 Å². The Kier molecular flexibility index (Phi) is 2.42. The molecule has 1 heterocycles. The molecule has 0 radical (unpaired) electrons. The van der Waals surface area contributed by atoms with Crippen LogP contribution >= 0.6 is 0 Å². The van der Waals surface area contributed by atoms with E-state index in [2.05, 4.69) is 20.3 Å². The summed E-state index contributed by atoms with van der Waals surface area (Å²) >= 11 is 0. The smallest absolute Gasteiger partial charge is 0.103 e. The maximum atomic E-state index is 4.66. The van der Waals surface area contributed by atoms with Crippen LogP contribution in [0.5, 0.6) is 0 Å². The first kappa shape index (κ1) is 7.24. The summed E-state index contributed by atoms with van der Waals surface area (Å²) in [6.07, 6.45) is 1.78. The molecule has 0 bridgehead atoms. The fourth-order valence-corrected chi connectivity index (χ4v) is 0.711. The molecule has 0 aliphatic rings. The van der Waals surface area contributed by atoms with E-state index in [-0.39, 0.29) is 0 Å². The first-order valence-electron chi connectivity index (χ1n) is 3.09. The predicted octanol–water partition coefficient (Wildman–Crippen LogP) is 0.369. The van der Waals surface area contributed by atoms with Crippen molar-refractivity contribution in [3.05, 3.63) is 17.7 Å². The summed E-state index contributed by atoms with van der Waals surface area (Å²) in [6.45, 7) is 2.58. The Labute approximate surface area is 59.6 Å². The van der Waals surface area contributed by atoms with Crippen LogP contribution in [0.4, 0.5) is 0 Å². The number of H-pyrrole nitrogens is 1. The maximum absolute atomic E-state index is 4.66. The number of rotatable bonds is 3. The summed E-state index contributed by atoms with van der Waals surface area (Å²) < 4.78 is 0. The van der Waals surface area contributed by atoms with Crippen molar-refractivity contribution in [1.29, 1.82) is 0 Å². The van der Waals surface area contributed by atoms with Crippen molar-refractivity contribution in [2.24, 2.45) is 0 Å². The van der Waals surface area contributed by atoms with E-state index in [4.69, 9.17) is 0 Å². The lowest BCUT2D eigenvalue weighted by Gasteiger charge is -1.96. The molecule has 1 aromatic heterocycles. The Morgan fingerprint density at radius 3 is 3.10 bits per heavy atom. The summed E-state index contributed by atoms with van der Waals surface area (Å²) in [7, 11) is 1.59. The average Bonchev–Trinajstić information content (AvgIpc) is 2.31. The Bertz CT molecular complexity index is 197. The molecule has 1 rings (SSSR count). The highest BCUT2D eigenvalue weighted by Crippen LogP contribution is 1.93. The van der Waals surface area contributed by atoms with Crippen LogP contribution in [0.25, 0.3) is 0 Å². The van der Waals surface area contributed by atoms with Gasteiger partial charge in [-0.3, -0.25) is 0 Å². The van der Waals surface area contributed by atoms with Gasteiger partial charge in [-0.25, -0.2) is 4.98 Å². The summed E-state index contributed by atoms with van der Waals surface area (Å²) in [6, 6.07) is 0.